The summed E-state index contributed by atoms with van der Waals surface area (Å²) in [5, 5.41) is 17.1. The third kappa shape index (κ3) is 4.47. The normalized spacial score (nSPS) is 12.2. The van der Waals surface area contributed by atoms with E-state index >= 15 is 0 Å². The van der Waals surface area contributed by atoms with Crippen LogP contribution in [0.1, 0.15) is 35.6 Å². The number of aliphatic carboxylic acids is 1. The lowest BCUT2D eigenvalue weighted by atomic mass is 9.87. The summed E-state index contributed by atoms with van der Waals surface area (Å²) in [6.07, 6.45) is 5.41. The fourth-order valence-corrected chi connectivity index (χ4v) is 3.86. The molecule has 0 aliphatic rings. The minimum absolute atomic E-state index is 0.820. The van der Waals surface area contributed by atoms with E-state index in [0.29, 0.717) is 0 Å². The molecule has 3 aromatic carbocycles. The minimum Gasteiger partial charge on any atom is -0.497 e. The Morgan fingerprint density at radius 2 is 1.69 bits per heavy atom. The summed E-state index contributed by atoms with van der Waals surface area (Å²) in [4.78, 5) is 10.8. The molecule has 0 fully saturated rings. The number of fused-ring (bicyclic) bond motifs is 1. The van der Waals surface area contributed by atoms with Crippen molar-refractivity contribution in [3.8, 4) is 5.75 Å². The molecule has 0 atom stereocenters. The van der Waals surface area contributed by atoms with Gasteiger partial charge in [0.15, 0.2) is 0 Å². The highest BCUT2D eigenvalue weighted by molar-refractivity contribution is 6.00. The molecule has 4 aromatic rings. The lowest BCUT2D eigenvalue weighted by Crippen LogP contribution is -1.96. The largest absolute Gasteiger partial charge is 0.497 e. The number of aromatic amines is 1. The first-order chi connectivity index (χ1) is 15.6. The number of carbonyl (C=O) groups is 1. The number of H-pyrrole nitrogens is 1. The highest BCUT2D eigenvalue weighted by atomic mass is 16.5. The molecule has 1 aromatic heterocycles. The summed E-state index contributed by atoms with van der Waals surface area (Å²) in [5.74, 6) is -0.143. The number of aromatic nitrogens is 2. The number of rotatable bonds is 7. The number of carboxylic acids is 1. The molecule has 5 heteroatoms. The van der Waals surface area contributed by atoms with Gasteiger partial charge in [0.05, 0.1) is 18.8 Å². The second-order valence-corrected chi connectivity index (χ2v) is 7.40. The molecule has 1 heterocycles. The fourth-order valence-electron chi connectivity index (χ4n) is 3.86. The van der Waals surface area contributed by atoms with Crippen molar-refractivity contribution in [2.75, 3.05) is 7.11 Å². The van der Waals surface area contributed by atoms with Gasteiger partial charge in [-0.2, -0.15) is 5.10 Å². The Bertz CT molecular complexity index is 1300. The van der Waals surface area contributed by atoms with Gasteiger partial charge in [-0.1, -0.05) is 49.4 Å². The van der Waals surface area contributed by atoms with Crippen molar-refractivity contribution >= 4 is 34.1 Å². The van der Waals surface area contributed by atoms with E-state index in [2.05, 4.69) is 41.4 Å². The third-order valence-electron chi connectivity index (χ3n) is 5.44. The Morgan fingerprint density at radius 3 is 2.34 bits per heavy atom. The lowest BCUT2D eigenvalue weighted by Gasteiger charge is -2.17. The maximum absolute atomic E-state index is 10.8. The van der Waals surface area contributed by atoms with Crippen LogP contribution < -0.4 is 4.74 Å². The number of ether oxygens (including phenoxy) is 1. The number of allylic oxidation sites excluding steroid dienone is 1. The van der Waals surface area contributed by atoms with E-state index in [1.807, 2.05) is 48.7 Å². The highest BCUT2D eigenvalue weighted by Gasteiger charge is 2.14. The van der Waals surface area contributed by atoms with Gasteiger partial charge in [-0.05, 0) is 70.2 Å². The molecule has 4 rings (SSSR count). The molecule has 0 aliphatic carbocycles. The summed E-state index contributed by atoms with van der Waals surface area (Å²) in [6, 6.07) is 22.4. The second kappa shape index (κ2) is 9.35. The molecule has 0 saturated heterocycles. The van der Waals surface area contributed by atoms with Gasteiger partial charge in [0.25, 0.3) is 0 Å². The van der Waals surface area contributed by atoms with Gasteiger partial charge < -0.3 is 9.84 Å². The topological polar surface area (TPSA) is 75.2 Å². The first kappa shape index (κ1) is 21.1. The van der Waals surface area contributed by atoms with Gasteiger partial charge in [0.2, 0.25) is 0 Å². The number of methoxy groups -OCH3 is 1. The molecule has 2 N–H and O–H groups in total. The van der Waals surface area contributed by atoms with E-state index in [0.717, 1.165) is 57.0 Å². The van der Waals surface area contributed by atoms with Gasteiger partial charge >= 0.3 is 5.97 Å². The van der Waals surface area contributed by atoms with Crippen molar-refractivity contribution in [2.24, 2.45) is 0 Å². The van der Waals surface area contributed by atoms with Crippen LogP contribution in [0.3, 0.4) is 0 Å². The first-order valence-corrected chi connectivity index (χ1v) is 10.4. The van der Waals surface area contributed by atoms with Gasteiger partial charge in [-0.3, -0.25) is 5.10 Å². The van der Waals surface area contributed by atoms with Crippen LogP contribution in [0.4, 0.5) is 0 Å². The number of benzene rings is 3. The molecule has 0 radical (unpaired) electrons. The Kier molecular flexibility index (Phi) is 6.17. The van der Waals surface area contributed by atoms with Gasteiger partial charge in [0, 0.05) is 11.5 Å². The molecule has 0 amide bonds. The van der Waals surface area contributed by atoms with Crippen molar-refractivity contribution in [3.05, 3.63) is 101 Å². The van der Waals surface area contributed by atoms with Crippen molar-refractivity contribution < 1.29 is 14.6 Å². The Hall–Kier alpha value is -4.12. The summed E-state index contributed by atoms with van der Waals surface area (Å²) < 4.78 is 5.33. The standard InChI is InChI=1S/C27H24N2O3/c1-3-24(19-9-12-23(32-2)13-10-19)27(21-11-14-25-22(16-21)17-28-29-25)20-7-4-18(5-8-20)6-15-26(30)31/h4-17H,3H2,1-2H3,(H,28,29)(H,30,31)/b15-6?,27-24+. The maximum atomic E-state index is 10.8. The quantitative estimate of drug-likeness (QED) is 0.280. The summed E-state index contributed by atoms with van der Waals surface area (Å²) in [5.41, 5.74) is 7.46. The first-order valence-electron chi connectivity index (χ1n) is 10.4. The van der Waals surface area contributed by atoms with Crippen molar-refractivity contribution in [2.45, 2.75) is 13.3 Å². The summed E-state index contributed by atoms with van der Waals surface area (Å²) >= 11 is 0. The second-order valence-electron chi connectivity index (χ2n) is 7.40. The number of nitrogens with one attached hydrogen (secondary N) is 1. The summed E-state index contributed by atoms with van der Waals surface area (Å²) in [6.45, 7) is 2.15. The van der Waals surface area contributed by atoms with E-state index in [9.17, 15) is 4.79 Å². The number of hydrogen-bond acceptors (Lipinski definition) is 3. The van der Waals surface area contributed by atoms with Gasteiger partial charge in [-0.25, -0.2) is 4.79 Å². The number of nitrogens with zero attached hydrogens (tertiary/aromatic N) is 1. The molecule has 0 saturated carbocycles. The zero-order chi connectivity index (χ0) is 22.5. The molecule has 5 nitrogen and oxygen atoms in total. The molecule has 160 valence electrons. The monoisotopic (exact) mass is 424 g/mol. The SMILES string of the molecule is CC/C(=C(/c1ccc(C=CC(=O)O)cc1)c1ccc2[nH]ncc2c1)c1ccc(OC)cc1. The average molecular weight is 425 g/mol. The van der Waals surface area contributed by atoms with E-state index in [1.165, 1.54) is 5.57 Å². The maximum Gasteiger partial charge on any atom is 0.328 e. The lowest BCUT2D eigenvalue weighted by molar-refractivity contribution is -0.131. The molecular formula is C27H24N2O3. The van der Waals surface area contributed by atoms with Crippen LogP contribution in [0.15, 0.2) is 79.0 Å². The van der Waals surface area contributed by atoms with Crippen LogP contribution in [0, 0.1) is 0 Å². The van der Waals surface area contributed by atoms with Crippen LogP contribution in [0.2, 0.25) is 0 Å². The zero-order valence-corrected chi connectivity index (χ0v) is 18.0. The predicted molar refractivity (Wildman–Crippen MR) is 128 cm³/mol. The van der Waals surface area contributed by atoms with Crippen LogP contribution in [0.25, 0.3) is 28.1 Å². The Balaban J connectivity index is 1.88. The van der Waals surface area contributed by atoms with Crippen LogP contribution in [-0.4, -0.2) is 28.4 Å². The predicted octanol–water partition coefficient (Wildman–Crippen LogP) is 6.04. The minimum atomic E-state index is -0.962. The Labute approximate surface area is 186 Å². The average Bonchev–Trinajstić information content (AvgIpc) is 3.29. The molecule has 0 bridgehead atoms. The molecular weight excluding hydrogens is 400 g/mol. The van der Waals surface area contributed by atoms with E-state index in [-0.39, 0.29) is 0 Å². The van der Waals surface area contributed by atoms with Crippen LogP contribution in [0.5, 0.6) is 5.75 Å². The van der Waals surface area contributed by atoms with Crippen LogP contribution in [-0.2, 0) is 4.79 Å². The van der Waals surface area contributed by atoms with Crippen molar-refractivity contribution in [3.63, 3.8) is 0 Å². The fraction of sp³-hybridized carbons (Fsp3) is 0.111. The zero-order valence-electron chi connectivity index (χ0n) is 18.0. The van der Waals surface area contributed by atoms with Crippen LogP contribution >= 0.6 is 0 Å². The molecule has 0 aliphatic heterocycles. The highest BCUT2D eigenvalue weighted by Crippen LogP contribution is 2.36. The third-order valence-corrected chi connectivity index (χ3v) is 5.44. The van der Waals surface area contributed by atoms with E-state index < -0.39 is 5.97 Å². The Morgan fingerprint density at radius 1 is 1.00 bits per heavy atom. The number of carboxylic acid groups (broad SMARTS) is 1. The summed E-state index contributed by atoms with van der Waals surface area (Å²) in [7, 11) is 1.66. The van der Waals surface area contributed by atoms with Gasteiger partial charge in [-0.15, -0.1) is 0 Å². The van der Waals surface area contributed by atoms with Crippen molar-refractivity contribution in [1.29, 1.82) is 0 Å². The van der Waals surface area contributed by atoms with E-state index in [4.69, 9.17) is 9.84 Å². The van der Waals surface area contributed by atoms with Gasteiger partial charge in [0.1, 0.15) is 5.75 Å². The smallest absolute Gasteiger partial charge is 0.328 e. The molecule has 0 spiro atoms. The van der Waals surface area contributed by atoms with Crippen molar-refractivity contribution in [1.82, 2.24) is 10.2 Å². The van der Waals surface area contributed by atoms with E-state index in [1.54, 1.807) is 13.2 Å². The molecule has 32 heavy (non-hydrogen) atoms. The molecule has 0 unspecified atom stereocenters. The number of hydrogen-bond donors (Lipinski definition) is 2.